The van der Waals surface area contributed by atoms with Crippen LogP contribution in [-0.2, 0) is 19.2 Å². The van der Waals surface area contributed by atoms with E-state index in [0.29, 0.717) is 4.90 Å². The first-order valence-electron chi connectivity index (χ1n) is 10.7. The van der Waals surface area contributed by atoms with E-state index in [2.05, 4.69) is 5.32 Å². The Morgan fingerprint density at radius 1 is 1.09 bits per heavy atom. The summed E-state index contributed by atoms with van der Waals surface area (Å²) in [6, 6.07) is 3.62. The third-order valence-electron chi connectivity index (χ3n) is 6.06. The molecule has 1 aromatic rings. The standard InChI is InChI=1S/C22H21N3O9S/c26-8-10-9-35-20-15(19(30)25(20)16(10)22(33)34)23-14(27)7-3-6-13(21(31)32)24-17(28)11-4-1-2-5-12(11)18(24)29/h1-2,4-5,13,15,20,26H,3,6-9H2,(H,23,27)(H,31,32)(H,33,34)/t13?,15-,20-/m1/s1. The van der Waals surface area contributed by atoms with Gasteiger partial charge in [-0.25, -0.2) is 9.59 Å². The molecule has 3 heterocycles. The van der Waals surface area contributed by atoms with Gasteiger partial charge in [-0.05, 0) is 30.5 Å². The Kier molecular flexibility index (Phi) is 6.63. The second kappa shape index (κ2) is 9.50. The number of carbonyl (C=O) groups is 6. The maximum absolute atomic E-state index is 12.6. The third kappa shape index (κ3) is 4.17. The molecule has 0 aliphatic carbocycles. The molecule has 4 rings (SSSR count). The Labute approximate surface area is 202 Å². The number of fused-ring (bicyclic) bond motifs is 2. The summed E-state index contributed by atoms with van der Waals surface area (Å²) in [6.45, 7) is -0.500. The number of benzene rings is 1. The van der Waals surface area contributed by atoms with Crippen molar-refractivity contribution in [3.05, 3.63) is 46.7 Å². The Balaban J connectivity index is 1.34. The largest absolute Gasteiger partial charge is 0.480 e. The average Bonchev–Trinajstić information content (AvgIpc) is 3.08. The molecule has 1 fully saturated rings. The molecule has 1 unspecified atom stereocenters. The maximum Gasteiger partial charge on any atom is 0.352 e. The third-order valence-corrected chi connectivity index (χ3v) is 7.40. The van der Waals surface area contributed by atoms with Crippen molar-refractivity contribution in [3.63, 3.8) is 0 Å². The predicted octanol–water partition coefficient (Wildman–Crippen LogP) is -0.363. The van der Waals surface area contributed by atoms with Gasteiger partial charge < -0.3 is 20.6 Å². The number of hydrogen-bond donors (Lipinski definition) is 4. The van der Waals surface area contributed by atoms with Gasteiger partial charge in [-0.1, -0.05) is 12.1 Å². The van der Waals surface area contributed by atoms with Crippen LogP contribution in [0.5, 0.6) is 0 Å². The number of rotatable bonds is 9. The van der Waals surface area contributed by atoms with Gasteiger partial charge in [-0.15, -0.1) is 11.8 Å². The van der Waals surface area contributed by atoms with Crippen LogP contribution in [-0.4, -0.2) is 90.5 Å². The molecule has 0 radical (unpaired) electrons. The van der Waals surface area contributed by atoms with Crippen LogP contribution in [0.2, 0.25) is 0 Å². The van der Waals surface area contributed by atoms with E-state index in [1.807, 2.05) is 0 Å². The van der Waals surface area contributed by atoms with Crippen LogP contribution in [0.15, 0.2) is 35.5 Å². The molecule has 12 nitrogen and oxygen atoms in total. The Bertz CT molecular complexity index is 1150. The molecule has 4 N–H and O–H groups in total. The number of carboxylic acid groups (broad SMARTS) is 2. The maximum atomic E-state index is 12.6. The van der Waals surface area contributed by atoms with Crippen LogP contribution in [0.3, 0.4) is 0 Å². The highest BCUT2D eigenvalue weighted by atomic mass is 32.2. The van der Waals surface area contributed by atoms with Crippen molar-refractivity contribution in [1.82, 2.24) is 15.1 Å². The van der Waals surface area contributed by atoms with Gasteiger partial charge in [0.15, 0.2) is 0 Å². The minimum absolute atomic E-state index is 0.0214. The van der Waals surface area contributed by atoms with E-state index in [9.17, 15) is 44.1 Å². The number of β-lactam (4-membered cyclic amide) rings is 1. The zero-order valence-electron chi connectivity index (χ0n) is 18.2. The van der Waals surface area contributed by atoms with Crippen molar-refractivity contribution in [2.45, 2.75) is 36.7 Å². The topological polar surface area (TPSA) is 182 Å². The van der Waals surface area contributed by atoms with Crippen molar-refractivity contribution in [3.8, 4) is 0 Å². The molecular formula is C22H21N3O9S. The lowest BCUT2D eigenvalue weighted by Crippen LogP contribution is -2.70. The molecule has 184 valence electrons. The van der Waals surface area contributed by atoms with E-state index in [1.165, 1.54) is 23.9 Å². The highest BCUT2D eigenvalue weighted by molar-refractivity contribution is 8.00. The van der Waals surface area contributed by atoms with Crippen molar-refractivity contribution < 1.29 is 44.1 Å². The minimum Gasteiger partial charge on any atom is -0.480 e. The number of aliphatic hydroxyl groups excluding tert-OH is 1. The molecule has 3 atom stereocenters. The summed E-state index contributed by atoms with van der Waals surface area (Å²) >= 11 is 1.21. The lowest BCUT2D eigenvalue weighted by molar-refractivity contribution is -0.150. The molecule has 0 saturated carbocycles. The van der Waals surface area contributed by atoms with Crippen molar-refractivity contribution in [1.29, 1.82) is 0 Å². The fraction of sp³-hybridized carbons (Fsp3) is 0.364. The van der Waals surface area contributed by atoms with E-state index >= 15 is 0 Å². The van der Waals surface area contributed by atoms with E-state index in [0.717, 1.165) is 4.90 Å². The lowest BCUT2D eigenvalue weighted by Gasteiger charge is -2.49. The fourth-order valence-electron chi connectivity index (χ4n) is 4.36. The quantitative estimate of drug-likeness (QED) is 0.256. The summed E-state index contributed by atoms with van der Waals surface area (Å²) in [5.41, 5.74) is 0.180. The zero-order valence-corrected chi connectivity index (χ0v) is 19.0. The van der Waals surface area contributed by atoms with Crippen molar-refractivity contribution >= 4 is 47.3 Å². The first-order valence-corrected chi connectivity index (χ1v) is 11.7. The fourth-order valence-corrected chi connectivity index (χ4v) is 5.70. The zero-order chi connectivity index (χ0) is 25.4. The van der Waals surface area contributed by atoms with E-state index in [-0.39, 0.29) is 47.4 Å². The van der Waals surface area contributed by atoms with Crippen molar-refractivity contribution in [2.75, 3.05) is 12.4 Å². The Morgan fingerprint density at radius 2 is 1.71 bits per heavy atom. The van der Waals surface area contributed by atoms with Gasteiger partial charge in [0.2, 0.25) is 5.91 Å². The molecule has 3 aliphatic heterocycles. The highest BCUT2D eigenvalue weighted by Gasteiger charge is 2.54. The number of thioether (sulfide) groups is 1. The summed E-state index contributed by atoms with van der Waals surface area (Å²) in [5.74, 6) is -5.11. The molecule has 0 bridgehead atoms. The summed E-state index contributed by atoms with van der Waals surface area (Å²) in [5, 5.41) is 30.3. The molecule has 13 heteroatoms. The van der Waals surface area contributed by atoms with E-state index in [4.69, 9.17) is 0 Å². The van der Waals surface area contributed by atoms with Crippen LogP contribution in [0.25, 0.3) is 0 Å². The van der Waals surface area contributed by atoms with Crippen LogP contribution < -0.4 is 5.32 Å². The van der Waals surface area contributed by atoms with Gasteiger partial charge in [0.05, 0.1) is 17.7 Å². The Hall–Kier alpha value is -3.71. The first-order chi connectivity index (χ1) is 16.7. The smallest absolute Gasteiger partial charge is 0.352 e. The average molecular weight is 503 g/mol. The number of aliphatic carboxylic acids is 2. The van der Waals surface area contributed by atoms with E-state index < -0.39 is 59.6 Å². The molecule has 0 spiro atoms. The molecular weight excluding hydrogens is 482 g/mol. The number of imide groups is 1. The van der Waals surface area contributed by atoms with Crippen molar-refractivity contribution in [2.24, 2.45) is 0 Å². The number of hydrogen-bond acceptors (Lipinski definition) is 8. The number of aliphatic hydroxyl groups is 1. The monoisotopic (exact) mass is 503 g/mol. The van der Waals surface area contributed by atoms with Gasteiger partial charge in [0.1, 0.15) is 23.2 Å². The normalized spacial score (nSPS) is 21.9. The van der Waals surface area contributed by atoms with Gasteiger partial charge in [0.25, 0.3) is 17.7 Å². The van der Waals surface area contributed by atoms with Gasteiger partial charge in [-0.2, -0.15) is 0 Å². The predicted molar refractivity (Wildman–Crippen MR) is 119 cm³/mol. The molecule has 3 aliphatic rings. The summed E-state index contributed by atoms with van der Waals surface area (Å²) in [7, 11) is 0. The molecule has 35 heavy (non-hydrogen) atoms. The van der Waals surface area contributed by atoms with Gasteiger partial charge in [-0.3, -0.25) is 29.0 Å². The number of carboxylic acids is 2. The number of nitrogens with zero attached hydrogens (tertiary/aromatic N) is 2. The second-order valence-electron chi connectivity index (χ2n) is 8.14. The second-order valence-corrected chi connectivity index (χ2v) is 9.25. The molecule has 1 saturated heterocycles. The molecule has 1 aromatic carbocycles. The van der Waals surface area contributed by atoms with Crippen LogP contribution in [0, 0.1) is 0 Å². The molecule has 4 amide bonds. The number of nitrogens with one attached hydrogen (secondary N) is 1. The number of amides is 4. The number of carbonyl (C=O) groups excluding carboxylic acids is 4. The summed E-state index contributed by atoms with van der Waals surface area (Å²) < 4.78 is 0. The van der Waals surface area contributed by atoms with Crippen LogP contribution >= 0.6 is 11.8 Å². The summed E-state index contributed by atoms with van der Waals surface area (Å²) in [6.07, 6.45) is -0.311. The van der Waals surface area contributed by atoms with Crippen LogP contribution in [0.4, 0.5) is 0 Å². The SMILES string of the molecule is O=C(CCCC(C(=O)O)N1C(=O)c2ccccc2C1=O)N[C@@H]1C(=O)N2C(C(=O)O)=C(CO)CS[C@H]12. The van der Waals surface area contributed by atoms with E-state index in [1.54, 1.807) is 12.1 Å². The first kappa shape index (κ1) is 24.4. The lowest BCUT2D eigenvalue weighted by atomic mass is 10.0. The molecule has 0 aromatic heterocycles. The summed E-state index contributed by atoms with van der Waals surface area (Å²) in [4.78, 5) is 75.1. The Morgan fingerprint density at radius 3 is 2.26 bits per heavy atom. The van der Waals surface area contributed by atoms with Crippen LogP contribution in [0.1, 0.15) is 40.0 Å². The van der Waals surface area contributed by atoms with Gasteiger partial charge in [0, 0.05) is 12.2 Å². The van der Waals surface area contributed by atoms with Gasteiger partial charge >= 0.3 is 11.9 Å². The highest BCUT2D eigenvalue weighted by Crippen LogP contribution is 2.40. The minimum atomic E-state index is -1.45.